The SMILES string of the molecule is O=C(O)Cc1ccc(C=C2CCCC(=Cc3ccc(OC(F)=C(F)F)cc3)C2=O)cc1. The predicted octanol–water partition coefficient (Wildman–Crippen LogP) is 5.95. The summed E-state index contributed by atoms with van der Waals surface area (Å²) in [7, 11) is 0. The van der Waals surface area contributed by atoms with Gasteiger partial charge in [0, 0.05) is 11.1 Å². The zero-order valence-corrected chi connectivity index (χ0v) is 16.4. The van der Waals surface area contributed by atoms with Gasteiger partial charge in [-0.05, 0) is 60.2 Å². The molecule has 0 aliphatic heterocycles. The van der Waals surface area contributed by atoms with Crippen LogP contribution in [-0.2, 0) is 16.0 Å². The summed E-state index contributed by atoms with van der Waals surface area (Å²) in [4.78, 5) is 23.6. The van der Waals surface area contributed by atoms with E-state index in [1.54, 1.807) is 48.6 Å². The van der Waals surface area contributed by atoms with Crippen LogP contribution in [0.15, 0.2) is 71.8 Å². The number of hydrogen-bond donors (Lipinski definition) is 1. The van der Waals surface area contributed by atoms with E-state index in [4.69, 9.17) is 5.11 Å². The Morgan fingerprint density at radius 2 is 1.42 bits per heavy atom. The van der Waals surface area contributed by atoms with Crippen LogP contribution in [0, 0.1) is 0 Å². The molecule has 1 saturated carbocycles. The highest BCUT2D eigenvalue weighted by Crippen LogP contribution is 2.29. The molecule has 0 saturated heterocycles. The zero-order chi connectivity index (χ0) is 22.4. The summed E-state index contributed by atoms with van der Waals surface area (Å²) in [6.45, 7) is 0. The lowest BCUT2D eigenvalue weighted by molar-refractivity contribution is -0.136. The first kappa shape index (κ1) is 22.1. The van der Waals surface area contributed by atoms with Crippen molar-refractivity contribution >= 4 is 23.9 Å². The first-order valence-electron chi connectivity index (χ1n) is 9.57. The van der Waals surface area contributed by atoms with E-state index in [1.807, 2.05) is 0 Å². The van der Waals surface area contributed by atoms with Crippen molar-refractivity contribution in [2.45, 2.75) is 25.7 Å². The number of Topliss-reactive ketones (excluding diaryl/α,β-unsaturated/α-hetero) is 1. The number of ether oxygens (including phenoxy) is 1. The van der Waals surface area contributed by atoms with Gasteiger partial charge in [0.15, 0.2) is 5.78 Å². The summed E-state index contributed by atoms with van der Waals surface area (Å²) < 4.78 is 41.5. The van der Waals surface area contributed by atoms with Crippen LogP contribution < -0.4 is 4.74 Å². The molecule has 3 rings (SSSR count). The molecule has 0 unspecified atom stereocenters. The summed E-state index contributed by atoms with van der Waals surface area (Å²) >= 11 is 0. The van der Waals surface area contributed by atoms with Gasteiger partial charge in [-0.1, -0.05) is 36.4 Å². The second kappa shape index (κ2) is 9.93. The molecule has 160 valence electrons. The number of hydrogen-bond acceptors (Lipinski definition) is 3. The van der Waals surface area contributed by atoms with Crippen molar-refractivity contribution in [3.63, 3.8) is 0 Å². The van der Waals surface area contributed by atoms with E-state index >= 15 is 0 Å². The molecular weight excluding hydrogens is 409 g/mol. The van der Waals surface area contributed by atoms with Gasteiger partial charge >= 0.3 is 18.1 Å². The lowest BCUT2D eigenvalue weighted by Crippen LogP contribution is -2.12. The molecule has 1 aliphatic carbocycles. The van der Waals surface area contributed by atoms with Gasteiger partial charge in [0.1, 0.15) is 5.75 Å². The van der Waals surface area contributed by atoms with Crippen molar-refractivity contribution in [1.29, 1.82) is 0 Å². The Kier molecular flexibility index (Phi) is 7.07. The molecule has 7 heteroatoms. The Morgan fingerprint density at radius 1 is 0.903 bits per heavy atom. The number of ketones is 1. The molecule has 0 atom stereocenters. The maximum atomic E-state index is 12.9. The first-order chi connectivity index (χ1) is 14.8. The van der Waals surface area contributed by atoms with Gasteiger partial charge in [0.25, 0.3) is 0 Å². The normalized spacial score (nSPS) is 16.4. The van der Waals surface area contributed by atoms with Crippen LogP contribution in [0.2, 0.25) is 0 Å². The minimum absolute atomic E-state index is 0.0574. The molecule has 2 aromatic rings. The Morgan fingerprint density at radius 3 is 1.90 bits per heavy atom. The topological polar surface area (TPSA) is 63.6 Å². The minimum Gasteiger partial charge on any atom is -0.481 e. The van der Waals surface area contributed by atoms with Gasteiger partial charge in [-0.3, -0.25) is 9.59 Å². The third-order valence-electron chi connectivity index (χ3n) is 4.73. The molecule has 1 aliphatic rings. The molecule has 0 spiro atoms. The van der Waals surface area contributed by atoms with Crippen molar-refractivity contribution in [3.05, 3.63) is 88.5 Å². The monoisotopic (exact) mass is 428 g/mol. The molecule has 1 N–H and O–H groups in total. The number of aliphatic carboxylic acids is 1. The van der Waals surface area contributed by atoms with Crippen molar-refractivity contribution in [1.82, 2.24) is 0 Å². The number of carboxylic acids is 1. The average molecular weight is 428 g/mol. The summed E-state index contributed by atoms with van der Waals surface area (Å²) in [5.74, 6) is -1.05. The molecular formula is C24H19F3O4. The zero-order valence-electron chi connectivity index (χ0n) is 16.4. The fraction of sp³-hybridized carbons (Fsp3) is 0.167. The molecule has 1 fully saturated rings. The number of halogens is 3. The Labute approximate surface area is 177 Å². The molecule has 0 aromatic heterocycles. The molecule has 31 heavy (non-hydrogen) atoms. The highest BCUT2D eigenvalue weighted by atomic mass is 19.3. The fourth-order valence-corrected chi connectivity index (χ4v) is 3.26. The van der Waals surface area contributed by atoms with E-state index in [0.717, 1.165) is 12.0 Å². The van der Waals surface area contributed by atoms with Gasteiger partial charge in [0.05, 0.1) is 6.42 Å². The van der Waals surface area contributed by atoms with E-state index in [-0.39, 0.29) is 18.0 Å². The molecule has 0 radical (unpaired) electrons. The third-order valence-corrected chi connectivity index (χ3v) is 4.73. The fourth-order valence-electron chi connectivity index (χ4n) is 3.26. The van der Waals surface area contributed by atoms with E-state index in [2.05, 4.69) is 4.74 Å². The predicted molar refractivity (Wildman–Crippen MR) is 110 cm³/mol. The third kappa shape index (κ3) is 6.18. The molecule has 0 amide bonds. The van der Waals surface area contributed by atoms with Crippen LogP contribution >= 0.6 is 0 Å². The van der Waals surface area contributed by atoms with Gasteiger partial charge in [-0.2, -0.15) is 13.2 Å². The summed E-state index contributed by atoms with van der Waals surface area (Å²) in [5.41, 5.74) is 3.45. The van der Waals surface area contributed by atoms with Crippen LogP contribution in [0.25, 0.3) is 12.2 Å². The van der Waals surface area contributed by atoms with Crippen molar-refractivity contribution < 1.29 is 32.6 Å². The summed E-state index contributed by atoms with van der Waals surface area (Å²) in [6, 6.07) is 10.9. The van der Waals surface area contributed by atoms with Crippen LogP contribution in [0.4, 0.5) is 13.2 Å². The average Bonchev–Trinajstić information content (AvgIpc) is 2.73. The second-order valence-electron chi connectivity index (χ2n) is 7.04. The van der Waals surface area contributed by atoms with Gasteiger partial charge in [0.2, 0.25) is 0 Å². The molecule has 0 bridgehead atoms. The number of carboxylic acid groups (broad SMARTS) is 1. The highest BCUT2D eigenvalue weighted by molar-refractivity contribution is 6.13. The maximum Gasteiger partial charge on any atom is 0.344 e. The largest absolute Gasteiger partial charge is 0.481 e. The van der Waals surface area contributed by atoms with Crippen molar-refractivity contribution in [3.8, 4) is 5.75 Å². The summed E-state index contributed by atoms with van der Waals surface area (Å²) in [6.07, 6.45) is 2.98. The first-order valence-corrected chi connectivity index (χ1v) is 9.57. The number of carbonyl (C=O) groups excluding carboxylic acids is 1. The van der Waals surface area contributed by atoms with E-state index in [0.29, 0.717) is 35.1 Å². The van der Waals surface area contributed by atoms with Crippen LogP contribution in [0.3, 0.4) is 0 Å². The lowest BCUT2D eigenvalue weighted by Gasteiger charge is -2.16. The highest BCUT2D eigenvalue weighted by Gasteiger charge is 2.20. The Hall–Kier alpha value is -3.61. The molecule has 2 aromatic carbocycles. The lowest BCUT2D eigenvalue weighted by atomic mass is 9.87. The van der Waals surface area contributed by atoms with E-state index in [9.17, 15) is 22.8 Å². The number of allylic oxidation sites excluding steroid dienone is 2. The Bertz CT molecular complexity index is 1060. The quantitative estimate of drug-likeness (QED) is 0.456. The molecule has 4 nitrogen and oxygen atoms in total. The van der Waals surface area contributed by atoms with E-state index < -0.39 is 18.1 Å². The van der Waals surface area contributed by atoms with Crippen molar-refractivity contribution in [2.24, 2.45) is 0 Å². The van der Waals surface area contributed by atoms with E-state index in [1.165, 1.54) is 12.1 Å². The molecule has 0 heterocycles. The Balaban J connectivity index is 1.74. The minimum atomic E-state index is -2.53. The van der Waals surface area contributed by atoms with Gasteiger partial charge in [-0.25, -0.2) is 0 Å². The smallest absolute Gasteiger partial charge is 0.344 e. The second-order valence-corrected chi connectivity index (χ2v) is 7.04. The van der Waals surface area contributed by atoms with Crippen LogP contribution in [0.1, 0.15) is 36.0 Å². The standard InChI is InChI=1S/C24H19F3O4/c25-23(26)24(27)31-20-10-8-16(9-11-20)13-19-3-1-2-18(22(19)30)12-15-4-6-17(7-5-15)14-21(28)29/h4-13H,1-3,14H2,(H,28,29). The summed E-state index contributed by atoms with van der Waals surface area (Å²) in [5, 5.41) is 8.84. The number of benzene rings is 2. The van der Waals surface area contributed by atoms with Crippen LogP contribution in [0.5, 0.6) is 5.75 Å². The number of carbonyl (C=O) groups is 2. The van der Waals surface area contributed by atoms with Crippen molar-refractivity contribution in [2.75, 3.05) is 0 Å². The maximum absolute atomic E-state index is 12.9. The number of rotatable bonds is 6. The van der Waals surface area contributed by atoms with Gasteiger partial charge < -0.3 is 9.84 Å². The van der Waals surface area contributed by atoms with Gasteiger partial charge in [-0.15, -0.1) is 0 Å². The van der Waals surface area contributed by atoms with Crippen LogP contribution in [-0.4, -0.2) is 16.9 Å².